The van der Waals surface area contributed by atoms with Crippen LogP contribution in [0.4, 0.5) is 10.1 Å². The molecule has 104 valence electrons. The fourth-order valence-electron chi connectivity index (χ4n) is 2.50. The summed E-state index contributed by atoms with van der Waals surface area (Å²) in [6.07, 6.45) is 3.32. The van der Waals surface area contributed by atoms with Gasteiger partial charge in [0.05, 0.1) is 5.69 Å². The first-order valence-corrected chi connectivity index (χ1v) is 7.26. The first-order valence-electron chi connectivity index (χ1n) is 6.47. The zero-order valence-corrected chi connectivity index (χ0v) is 12.5. The van der Waals surface area contributed by atoms with Crippen molar-refractivity contribution in [2.24, 2.45) is 11.7 Å². The molecule has 3 nitrogen and oxygen atoms in total. The number of nitrogens with zero attached hydrogens (tertiary/aromatic N) is 1. The minimum Gasteiger partial charge on any atom is -0.328 e. The molecule has 0 heterocycles. The van der Waals surface area contributed by atoms with Gasteiger partial charge in [-0.25, -0.2) is 4.39 Å². The van der Waals surface area contributed by atoms with Gasteiger partial charge in [-0.2, -0.15) is 0 Å². The molecular weight excluding hydrogens is 311 g/mol. The van der Waals surface area contributed by atoms with Gasteiger partial charge in [-0.1, -0.05) is 15.9 Å². The van der Waals surface area contributed by atoms with E-state index in [1.807, 2.05) is 0 Å². The third kappa shape index (κ3) is 3.34. The van der Waals surface area contributed by atoms with Gasteiger partial charge in [-0.05, 0) is 43.9 Å². The Labute approximate surface area is 121 Å². The Kier molecular flexibility index (Phi) is 4.58. The minimum absolute atomic E-state index is 0.0242. The Bertz CT molecular complexity index is 473. The summed E-state index contributed by atoms with van der Waals surface area (Å²) in [6, 6.07) is 4.82. The quantitative estimate of drug-likeness (QED) is 0.906. The number of halogens is 2. The number of amides is 1. The van der Waals surface area contributed by atoms with Crippen LogP contribution in [0, 0.1) is 11.7 Å². The maximum Gasteiger partial charge on any atom is 0.229 e. The Morgan fingerprint density at radius 2 is 2.00 bits per heavy atom. The Morgan fingerprint density at radius 3 is 2.63 bits per heavy atom. The van der Waals surface area contributed by atoms with Crippen molar-refractivity contribution in [2.75, 3.05) is 11.9 Å². The first-order chi connectivity index (χ1) is 8.99. The lowest BCUT2D eigenvalue weighted by atomic mass is 9.85. The molecule has 1 aromatic carbocycles. The summed E-state index contributed by atoms with van der Waals surface area (Å²) in [6.45, 7) is 0. The second kappa shape index (κ2) is 6.01. The molecule has 0 aromatic heterocycles. The fraction of sp³-hybridized carbons (Fsp3) is 0.500. The molecule has 0 saturated heterocycles. The molecule has 0 aliphatic heterocycles. The van der Waals surface area contributed by atoms with Gasteiger partial charge in [0, 0.05) is 23.5 Å². The van der Waals surface area contributed by atoms with Crippen LogP contribution in [0.1, 0.15) is 25.7 Å². The smallest absolute Gasteiger partial charge is 0.229 e. The minimum atomic E-state index is -0.383. The summed E-state index contributed by atoms with van der Waals surface area (Å²) < 4.78 is 14.5. The lowest BCUT2D eigenvalue weighted by Crippen LogP contribution is -2.37. The third-order valence-electron chi connectivity index (χ3n) is 3.72. The van der Waals surface area contributed by atoms with Crippen molar-refractivity contribution < 1.29 is 9.18 Å². The van der Waals surface area contributed by atoms with Gasteiger partial charge in [0.15, 0.2) is 0 Å². The van der Waals surface area contributed by atoms with Crippen LogP contribution < -0.4 is 10.6 Å². The molecular formula is C14H18BrFN2O. The number of hydrogen-bond acceptors (Lipinski definition) is 2. The van der Waals surface area contributed by atoms with Crippen molar-refractivity contribution in [1.82, 2.24) is 0 Å². The largest absolute Gasteiger partial charge is 0.328 e. The summed E-state index contributed by atoms with van der Waals surface area (Å²) >= 11 is 3.30. The van der Waals surface area contributed by atoms with E-state index in [0.29, 0.717) is 5.69 Å². The van der Waals surface area contributed by atoms with E-state index >= 15 is 0 Å². The van der Waals surface area contributed by atoms with E-state index < -0.39 is 0 Å². The van der Waals surface area contributed by atoms with Crippen LogP contribution >= 0.6 is 15.9 Å². The molecule has 0 spiro atoms. The molecule has 1 saturated carbocycles. The lowest BCUT2D eigenvalue weighted by Gasteiger charge is -2.29. The van der Waals surface area contributed by atoms with Crippen molar-refractivity contribution in [1.29, 1.82) is 0 Å². The van der Waals surface area contributed by atoms with Crippen LogP contribution in [0.25, 0.3) is 0 Å². The molecule has 0 radical (unpaired) electrons. The second-order valence-corrected chi connectivity index (χ2v) is 6.02. The van der Waals surface area contributed by atoms with E-state index in [2.05, 4.69) is 15.9 Å². The van der Waals surface area contributed by atoms with Crippen LogP contribution in [0.2, 0.25) is 0 Å². The molecule has 1 fully saturated rings. The fourth-order valence-corrected chi connectivity index (χ4v) is 2.85. The zero-order valence-electron chi connectivity index (χ0n) is 10.9. The van der Waals surface area contributed by atoms with E-state index in [4.69, 9.17) is 5.73 Å². The van der Waals surface area contributed by atoms with Gasteiger partial charge in [0.1, 0.15) is 5.82 Å². The Balaban J connectivity index is 2.12. The number of anilines is 1. The third-order valence-corrected chi connectivity index (χ3v) is 4.21. The van der Waals surface area contributed by atoms with E-state index in [0.717, 1.165) is 30.2 Å². The van der Waals surface area contributed by atoms with Gasteiger partial charge in [-0.15, -0.1) is 0 Å². The van der Waals surface area contributed by atoms with Gasteiger partial charge in [0.2, 0.25) is 5.91 Å². The molecule has 5 heteroatoms. The normalized spacial score (nSPS) is 23.2. The van der Waals surface area contributed by atoms with Crippen molar-refractivity contribution in [3.63, 3.8) is 0 Å². The average Bonchev–Trinajstić information content (AvgIpc) is 2.41. The van der Waals surface area contributed by atoms with Crippen LogP contribution in [0.15, 0.2) is 22.7 Å². The number of carbonyl (C=O) groups is 1. The van der Waals surface area contributed by atoms with E-state index in [9.17, 15) is 9.18 Å². The predicted octanol–water partition coefficient (Wildman–Crippen LogP) is 3.07. The van der Waals surface area contributed by atoms with Crippen LogP contribution in [-0.2, 0) is 4.79 Å². The molecule has 1 aromatic rings. The summed E-state index contributed by atoms with van der Waals surface area (Å²) in [5.41, 5.74) is 6.15. The summed E-state index contributed by atoms with van der Waals surface area (Å²) in [5, 5.41) is 0. The molecule has 1 amide bonds. The van der Waals surface area contributed by atoms with Gasteiger partial charge in [0.25, 0.3) is 0 Å². The maximum absolute atomic E-state index is 13.8. The van der Waals surface area contributed by atoms with Crippen LogP contribution in [0.5, 0.6) is 0 Å². The van der Waals surface area contributed by atoms with Crippen molar-refractivity contribution in [3.05, 3.63) is 28.5 Å². The molecule has 2 N–H and O–H groups in total. The summed E-state index contributed by atoms with van der Waals surface area (Å²) in [4.78, 5) is 13.8. The highest BCUT2D eigenvalue weighted by Crippen LogP contribution is 2.29. The maximum atomic E-state index is 13.8. The van der Waals surface area contributed by atoms with Crippen LogP contribution in [0.3, 0.4) is 0 Å². The van der Waals surface area contributed by atoms with E-state index in [1.165, 1.54) is 11.0 Å². The monoisotopic (exact) mass is 328 g/mol. The molecule has 1 aliphatic carbocycles. The number of rotatable bonds is 2. The highest BCUT2D eigenvalue weighted by atomic mass is 79.9. The molecule has 0 bridgehead atoms. The number of nitrogens with two attached hydrogens (primary N) is 1. The zero-order chi connectivity index (χ0) is 14.0. The SMILES string of the molecule is CN(C(=O)C1CCC(N)CC1)c1cc(Br)ccc1F. The van der Waals surface area contributed by atoms with E-state index in [-0.39, 0.29) is 23.7 Å². The number of hydrogen-bond donors (Lipinski definition) is 1. The van der Waals surface area contributed by atoms with Gasteiger partial charge in [-0.3, -0.25) is 4.79 Å². The molecule has 2 rings (SSSR count). The standard InChI is InChI=1S/C14H18BrFN2O/c1-18(13-8-10(15)4-7-12(13)16)14(19)9-2-5-11(17)6-3-9/h4,7-9,11H,2-3,5-6,17H2,1H3. The van der Waals surface area contributed by atoms with Gasteiger partial charge >= 0.3 is 0 Å². The first kappa shape index (κ1) is 14.5. The van der Waals surface area contributed by atoms with Gasteiger partial charge < -0.3 is 10.6 Å². The highest BCUT2D eigenvalue weighted by molar-refractivity contribution is 9.10. The molecule has 19 heavy (non-hydrogen) atoms. The van der Waals surface area contributed by atoms with Crippen molar-refractivity contribution >= 4 is 27.5 Å². The molecule has 0 unspecified atom stereocenters. The summed E-state index contributed by atoms with van der Waals surface area (Å²) in [5.74, 6) is -0.446. The molecule has 0 atom stereocenters. The second-order valence-electron chi connectivity index (χ2n) is 5.10. The topological polar surface area (TPSA) is 46.3 Å². The Hall–Kier alpha value is -0.940. The summed E-state index contributed by atoms with van der Waals surface area (Å²) in [7, 11) is 1.63. The van der Waals surface area contributed by atoms with Crippen LogP contribution in [-0.4, -0.2) is 19.0 Å². The predicted molar refractivity (Wildman–Crippen MR) is 77.4 cm³/mol. The average molecular weight is 329 g/mol. The molecule has 1 aliphatic rings. The van der Waals surface area contributed by atoms with Crippen molar-refractivity contribution in [2.45, 2.75) is 31.7 Å². The van der Waals surface area contributed by atoms with Crippen molar-refractivity contribution in [3.8, 4) is 0 Å². The lowest BCUT2D eigenvalue weighted by molar-refractivity contribution is -0.123. The number of carbonyl (C=O) groups excluding carboxylic acids is 1. The van der Waals surface area contributed by atoms with E-state index in [1.54, 1.807) is 19.2 Å². The highest BCUT2D eigenvalue weighted by Gasteiger charge is 2.28. The number of benzene rings is 1. The Morgan fingerprint density at radius 1 is 1.37 bits per heavy atom.